The molecule has 0 aromatic heterocycles. The van der Waals surface area contributed by atoms with E-state index in [2.05, 4.69) is 38.0 Å². The fourth-order valence-corrected chi connectivity index (χ4v) is 2.30. The number of likely N-dealkylation sites (N-methyl/N-ethyl adjacent to an activating group) is 1. The van der Waals surface area contributed by atoms with Crippen LogP contribution in [0.1, 0.15) is 78.6 Å². The lowest BCUT2D eigenvalue weighted by Gasteiger charge is -2.23. The van der Waals surface area contributed by atoms with Gasteiger partial charge in [0.15, 0.2) is 0 Å². The van der Waals surface area contributed by atoms with Crippen molar-refractivity contribution in [1.82, 2.24) is 10.2 Å². The molecule has 0 saturated carbocycles. The van der Waals surface area contributed by atoms with Gasteiger partial charge < -0.3 is 10.2 Å². The standard InChI is InChI=1S/C17H38N2/c1-5-7-8-9-10-11-12-13-14-18-15-16-19(4)17(3)6-2/h17-18H,5-16H2,1-4H3. The summed E-state index contributed by atoms with van der Waals surface area (Å²) in [5, 5.41) is 3.56. The van der Waals surface area contributed by atoms with Crippen molar-refractivity contribution in [3.05, 3.63) is 0 Å². The van der Waals surface area contributed by atoms with Gasteiger partial charge in [-0.3, -0.25) is 0 Å². The van der Waals surface area contributed by atoms with Crippen LogP contribution in [0.25, 0.3) is 0 Å². The number of hydrogen-bond donors (Lipinski definition) is 1. The fraction of sp³-hybridized carbons (Fsp3) is 1.00. The Kier molecular flexibility index (Phi) is 14.3. The predicted octanol–water partition coefficient (Wildman–Crippen LogP) is 4.45. The third-order valence-corrected chi connectivity index (χ3v) is 4.19. The first-order valence-corrected chi connectivity index (χ1v) is 8.63. The SMILES string of the molecule is CCCCCCCCCCNCCN(C)C(C)CC. The summed E-state index contributed by atoms with van der Waals surface area (Å²) in [5.41, 5.74) is 0. The molecule has 1 N–H and O–H groups in total. The molecule has 0 bridgehead atoms. The summed E-state index contributed by atoms with van der Waals surface area (Å²) in [7, 11) is 2.23. The minimum atomic E-state index is 0.713. The lowest BCUT2D eigenvalue weighted by atomic mass is 10.1. The number of rotatable bonds is 14. The molecule has 19 heavy (non-hydrogen) atoms. The van der Waals surface area contributed by atoms with E-state index in [-0.39, 0.29) is 0 Å². The molecule has 0 spiro atoms. The van der Waals surface area contributed by atoms with Gasteiger partial charge in [-0.05, 0) is 33.4 Å². The van der Waals surface area contributed by atoms with Crippen LogP contribution in [0.15, 0.2) is 0 Å². The first-order chi connectivity index (χ1) is 9.22. The molecule has 0 heterocycles. The third kappa shape index (κ3) is 12.7. The number of nitrogens with zero attached hydrogens (tertiary/aromatic N) is 1. The average molecular weight is 271 g/mol. The Morgan fingerprint density at radius 3 is 2.00 bits per heavy atom. The van der Waals surface area contributed by atoms with Crippen molar-refractivity contribution in [2.45, 2.75) is 84.6 Å². The molecule has 0 aromatic rings. The van der Waals surface area contributed by atoms with Crippen molar-refractivity contribution >= 4 is 0 Å². The van der Waals surface area contributed by atoms with Crippen LogP contribution in [0.2, 0.25) is 0 Å². The summed E-state index contributed by atoms with van der Waals surface area (Å²) in [6.07, 6.45) is 12.5. The van der Waals surface area contributed by atoms with E-state index < -0.39 is 0 Å². The van der Waals surface area contributed by atoms with E-state index in [4.69, 9.17) is 0 Å². The highest BCUT2D eigenvalue weighted by molar-refractivity contribution is 4.62. The van der Waals surface area contributed by atoms with Crippen LogP contribution < -0.4 is 5.32 Å². The zero-order chi connectivity index (χ0) is 14.3. The van der Waals surface area contributed by atoms with E-state index in [1.165, 1.54) is 70.9 Å². The molecular formula is C17H38N2. The van der Waals surface area contributed by atoms with E-state index in [1.54, 1.807) is 0 Å². The van der Waals surface area contributed by atoms with Gasteiger partial charge in [0.05, 0.1) is 0 Å². The van der Waals surface area contributed by atoms with Crippen molar-refractivity contribution in [2.24, 2.45) is 0 Å². The maximum Gasteiger partial charge on any atom is 0.0107 e. The average Bonchev–Trinajstić information content (AvgIpc) is 2.43. The Morgan fingerprint density at radius 1 is 0.842 bits per heavy atom. The van der Waals surface area contributed by atoms with Gasteiger partial charge in [-0.15, -0.1) is 0 Å². The summed E-state index contributed by atoms with van der Waals surface area (Å²) >= 11 is 0. The number of unbranched alkanes of at least 4 members (excludes halogenated alkanes) is 7. The van der Waals surface area contributed by atoms with Crippen LogP contribution in [0.3, 0.4) is 0 Å². The van der Waals surface area contributed by atoms with Gasteiger partial charge in [0, 0.05) is 19.1 Å². The quantitative estimate of drug-likeness (QED) is 0.469. The first-order valence-electron chi connectivity index (χ1n) is 8.63. The normalized spacial score (nSPS) is 13.1. The van der Waals surface area contributed by atoms with Gasteiger partial charge >= 0.3 is 0 Å². The molecule has 0 saturated heterocycles. The highest BCUT2D eigenvalue weighted by Crippen LogP contribution is 2.07. The van der Waals surface area contributed by atoms with E-state index in [1.807, 2.05) is 0 Å². The maximum absolute atomic E-state index is 3.56. The molecule has 0 aliphatic rings. The lowest BCUT2D eigenvalue weighted by molar-refractivity contribution is 0.252. The minimum Gasteiger partial charge on any atom is -0.315 e. The molecule has 0 aromatic carbocycles. The second-order valence-corrected chi connectivity index (χ2v) is 5.96. The van der Waals surface area contributed by atoms with Crippen LogP contribution in [0.4, 0.5) is 0 Å². The molecule has 0 fully saturated rings. The van der Waals surface area contributed by atoms with E-state index in [0.29, 0.717) is 6.04 Å². The van der Waals surface area contributed by atoms with E-state index in [9.17, 15) is 0 Å². The van der Waals surface area contributed by atoms with Gasteiger partial charge in [-0.25, -0.2) is 0 Å². The summed E-state index contributed by atoms with van der Waals surface area (Å²) in [6, 6.07) is 0.713. The molecule has 0 aliphatic carbocycles. The minimum absolute atomic E-state index is 0.713. The van der Waals surface area contributed by atoms with Crippen molar-refractivity contribution in [3.8, 4) is 0 Å². The Labute approximate surface area is 122 Å². The van der Waals surface area contributed by atoms with Gasteiger partial charge in [0.2, 0.25) is 0 Å². The third-order valence-electron chi connectivity index (χ3n) is 4.19. The van der Waals surface area contributed by atoms with Crippen LogP contribution in [-0.4, -0.2) is 37.6 Å². The summed E-state index contributed by atoms with van der Waals surface area (Å²) in [4.78, 5) is 2.45. The highest BCUT2D eigenvalue weighted by atomic mass is 15.1. The van der Waals surface area contributed by atoms with Crippen LogP contribution in [0, 0.1) is 0 Å². The smallest absolute Gasteiger partial charge is 0.0107 e. The monoisotopic (exact) mass is 270 g/mol. The molecular weight excluding hydrogens is 232 g/mol. The predicted molar refractivity (Wildman–Crippen MR) is 87.9 cm³/mol. The van der Waals surface area contributed by atoms with E-state index in [0.717, 1.165) is 6.54 Å². The Morgan fingerprint density at radius 2 is 1.42 bits per heavy atom. The second-order valence-electron chi connectivity index (χ2n) is 5.96. The molecule has 116 valence electrons. The molecule has 2 nitrogen and oxygen atoms in total. The van der Waals surface area contributed by atoms with Crippen molar-refractivity contribution in [2.75, 3.05) is 26.7 Å². The Bertz CT molecular complexity index is 171. The van der Waals surface area contributed by atoms with Gasteiger partial charge in [0.1, 0.15) is 0 Å². The Hall–Kier alpha value is -0.0800. The second kappa shape index (κ2) is 14.3. The maximum atomic E-state index is 3.56. The van der Waals surface area contributed by atoms with Crippen LogP contribution in [-0.2, 0) is 0 Å². The molecule has 2 heteroatoms. The molecule has 0 aliphatic heterocycles. The lowest BCUT2D eigenvalue weighted by Crippen LogP contribution is -2.35. The van der Waals surface area contributed by atoms with Crippen molar-refractivity contribution < 1.29 is 0 Å². The fourth-order valence-electron chi connectivity index (χ4n) is 2.30. The molecule has 1 atom stereocenters. The number of nitrogens with one attached hydrogen (secondary N) is 1. The molecule has 0 radical (unpaired) electrons. The molecule has 0 rings (SSSR count). The zero-order valence-corrected chi connectivity index (χ0v) is 14.0. The largest absolute Gasteiger partial charge is 0.315 e. The van der Waals surface area contributed by atoms with Crippen LogP contribution >= 0.6 is 0 Å². The van der Waals surface area contributed by atoms with Crippen molar-refractivity contribution in [1.29, 1.82) is 0 Å². The highest BCUT2D eigenvalue weighted by Gasteiger charge is 2.04. The Balaban J connectivity index is 3.10. The van der Waals surface area contributed by atoms with Gasteiger partial charge in [-0.2, -0.15) is 0 Å². The van der Waals surface area contributed by atoms with E-state index >= 15 is 0 Å². The zero-order valence-electron chi connectivity index (χ0n) is 14.0. The van der Waals surface area contributed by atoms with Crippen LogP contribution in [0.5, 0.6) is 0 Å². The van der Waals surface area contributed by atoms with Gasteiger partial charge in [-0.1, -0.05) is 58.8 Å². The first kappa shape index (κ1) is 18.9. The van der Waals surface area contributed by atoms with Crippen molar-refractivity contribution in [3.63, 3.8) is 0 Å². The topological polar surface area (TPSA) is 15.3 Å². The summed E-state index contributed by atoms with van der Waals surface area (Å²) in [5.74, 6) is 0. The summed E-state index contributed by atoms with van der Waals surface area (Å²) < 4.78 is 0. The molecule has 0 amide bonds. The van der Waals surface area contributed by atoms with Gasteiger partial charge in [0.25, 0.3) is 0 Å². The number of hydrogen-bond acceptors (Lipinski definition) is 2. The summed E-state index contributed by atoms with van der Waals surface area (Å²) in [6.45, 7) is 10.4. The molecule has 1 unspecified atom stereocenters.